The molecule has 0 aromatic carbocycles. The van der Waals surface area contributed by atoms with Gasteiger partial charge in [0.1, 0.15) is 0 Å². The highest BCUT2D eigenvalue weighted by Crippen LogP contribution is 2.25. The normalized spacial score (nSPS) is 20.1. The molecule has 3 nitrogen and oxygen atoms in total. The molecule has 1 N–H and O–H groups in total. The van der Waals surface area contributed by atoms with Crippen LogP contribution in [0.2, 0.25) is 0 Å². The van der Waals surface area contributed by atoms with Crippen LogP contribution in [0.15, 0.2) is 29.8 Å². The van der Waals surface area contributed by atoms with Crippen LogP contribution in [0, 0.1) is 0 Å². The van der Waals surface area contributed by atoms with E-state index in [-0.39, 0.29) is 0 Å². The van der Waals surface area contributed by atoms with E-state index in [1.807, 2.05) is 18.3 Å². The van der Waals surface area contributed by atoms with Crippen molar-refractivity contribution >= 4 is 11.3 Å². The Hall–Kier alpha value is -1.26. The van der Waals surface area contributed by atoms with E-state index in [0.717, 1.165) is 22.9 Å². The molecule has 3 rings (SSSR count). The Balaban J connectivity index is 1.93. The van der Waals surface area contributed by atoms with Gasteiger partial charge in [0.25, 0.3) is 0 Å². The van der Waals surface area contributed by atoms with Gasteiger partial charge in [0.05, 0.1) is 10.6 Å². The smallest absolute Gasteiger partial charge is 0.169 e. The van der Waals surface area contributed by atoms with Crippen molar-refractivity contribution in [2.24, 2.45) is 0 Å². The Morgan fingerprint density at radius 3 is 3.12 bits per heavy atom. The van der Waals surface area contributed by atoms with E-state index >= 15 is 0 Å². The second kappa shape index (κ2) is 4.31. The number of thiophene rings is 1. The predicted molar refractivity (Wildman–Crippen MR) is 65.3 cm³/mol. The van der Waals surface area contributed by atoms with E-state index < -0.39 is 0 Å². The Labute approximate surface area is 98.6 Å². The van der Waals surface area contributed by atoms with Crippen molar-refractivity contribution in [1.82, 2.24) is 15.3 Å². The van der Waals surface area contributed by atoms with E-state index in [2.05, 4.69) is 26.7 Å². The minimum absolute atomic E-state index is 0.418. The molecule has 1 aliphatic heterocycles. The standard InChI is InChI=1S/C12H13N3S/c1-3-9(13-6-1)10-5-7-14-12(15-10)11-4-2-8-16-11/h2,4-5,7-9,13H,1,3,6H2. The average Bonchev–Trinajstić information content (AvgIpc) is 3.03. The molecule has 2 aromatic heterocycles. The van der Waals surface area contributed by atoms with Gasteiger partial charge in [-0.05, 0) is 36.9 Å². The summed E-state index contributed by atoms with van der Waals surface area (Å²) in [5.74, 6) is 0.848. The molecule has 1 atom stereocenters. The van der Waals surface area contributed by atoms with E-state index in [1.54, 1.807) is 11.3 Å². The molecule has 0 spiro atoms. The first-order valence-electron chi connectivity index (χ1n) is 5.54. The lowest BCUT2D eigenvalue weighted by atomic mass is 10.1. The fourth-order valence-electron chi connectivity index (χ4n) is 2.03. The third kappa shape index (κ3) is 1.86. The van der Waals surface area contributed by atoms with Gasteiger partial charge in [-0.3, -0.25) is 0 Å². The Kier molecular flexibility index (Phi) is 2.68. The second-order valence-corrected chi connectivity index (χ2v) is 4.88. The van der Waals surface area contributed by atoms with Crippen LogP contribution in [0.25, 0.3) is 10.7 Å². The highest BCUT2D eigenvalue weighted by molar-refractivity contribution is 7.13. The number of hydrogen-bond acceptors (Lipinski definition) is 4. The summed E-state index contributed by atoms with van der Waals surface area (Å²) in [6, 6.07) is 6.53. The van der Waals surface area contributed by atoms with Crippen molar-refractivity contribution in [2.45, 2.75) is 18.9 Å². The van der Waals surface area contributed by atoms with Gasteiger partial charge in [0.15, 0.2) is 5.82 Å². The number of aromatic nitrogens is 2. The van der Waals surface area contributed by atoms with Crippen LogP contribution in [-0.4, -0.2) is 16.5 Å². The van der Waals surface area contributed by atoms with E-state index in [4.69, 9.17) is 0 Å². The number of hydrogen-bond donors (Lipinski definition) is 1. The Morgan fingerprint density at radius 1 is 1.38 bits per heavy atom. The molecule has 3 heterocycles. The molecule has 16 heavy (non-hydrogen) atoms. The maximum absolute atomic E-state index is 4.63. The summed E-state index contributed by atoms with van der Waals surface area (Å²) in [6.07, 6.45) is 4.28. The minimum atomic E-state index is 0.418. The van der Waals surface area contributed by atoms with Crippen LogP contribution < -0.4 is 5.32 Å². The zero-order valence-electron chi connectivity index (χ0n) is 8.89. The van der Waals surface area contributed by atoms with E-state index in [1.165, 1.54) is 12.8 Å². The SMILES string of the molecule is c1csc(-c2nccc(C3CCCN3)n2)c1. The Morgan fingerprint density at radius 2 is 2.38 bits per heavy atom. The molecular weight excluding hydrogens is 218 g/mol. The van der Waals surface area contributed by atoms with Crippen molar-refractivity contribution in [3.8, 4) is 10.7 Å². The lowest BCUT2D eigenvalue weighted by Crippen LogP contribution is -2.14. The summed E-state index contributed by atoms with van der Waals surface area (Å²) in [7, 11) is 0. The molecule has 4 heteroatoms. The zero-order valence-corrected chi connectivity index (χ0v) is 9.70. The second-order valence-electron chi connectivity index (χ2n) is 3.93. The van der Waals surface area contributed by atoms with Gasteiger partial charge in [-0.1, -0.05) is 6.07 Å². The molecule has 0 saturated carbocycles. The molecule has 2 aromatic rings. The first-order chi connectivity index (χ1) is 7.93. The highest BCUT2D eigenvalue weighted by atomic mass is 32.1. The van der Waals surface area contributed by atoms with Gasteiger partial charge in [-0.2, -0.15) is 0 Å². The van der Waals surface area contributed by atoms with E-state index in [9.17, 15) is 0 Å². The maximum atomic E-state index is 4.63. The van der Waals surface area contributed by atoms with Crippen molar-refractivity contribution in [2.75, 3.05) is 6.54 Å². The summed E-state index contributed by atoms with van der Waals surface area (Å²) >= 11 is 1.68. The van der Waals surface area contributed by atoms with E-state index in [0.29, 0.717) is 6.04 Å². The average molecular weight is 231 g/mol. The van der Waals surface area contributed by atoms with Crippen LogP contribution in [0.3, 0.4) is 0 Å². The first-order valence-corrected chi connectivity index (χ1v) is 6.42. The molecule has 82 valence electrons. The van der Waals surface area contributed by atoms with Gasteiger partial charge in [-0.25, -0.2) is 9.97 Å². The van der Waals surface area contributed by atoms with Crippen LogP contribution in [0.5, 0.6) is 0 Å². The summed E-state index contributed by atoms with van der Waals surface area (Å²) in [6.45, 7) is 1.10. The van der Waals surface area contributed by atoms with Crippen molar-refractivity contribution in [3.05, 3.63) is 35.5 Å². The molecule has 0 amide bonds. The molecular formula is C12H13N3S. The third-order valence-electron chi connectivity index (χ3n) is 2.84. The fourth-order valence-corrected chi connectivity index (χ4v) is 2.69. The molecule has 0 radical (unpaired) electrons. The lowest BCUT2D eigenvalue weighted by Gasteiger charge is -2.09. The van der Waals surface area contributed by atoms with Crippen molar-refractivity contribution in [3.63, 3.8) is 0 Å². The van der Waals surface area contributed by atoms with Gasteiger partial charge < -0.3 is 5.32 Å². The topological polar surface area (TPSA) is 37.8 Å². The zero-order chi connectivity index (χ0) is 10.8. The molecule has 1 unspecified atom stereocenters. The summed E-state index contributed by atoms with van der Waals surface area (Å²) in [4.78, 5) is 10.1. The van der Waals surface area contributed by atoms with Gasteiger partial charge in [-0.15, -0.1) is 11.3 Å². The molecule has 1 saturated heterocycles. The lowest BCUT2D eigenvalue weighted by molar-refractivity contribution is 0.626. The van der Waals surface area contributed by atoms with Crippen molar-refractivity contribution in [1.29, 1.82) is 0 Å². The van der Waals surface area contributed by atoms with Gasteiger partial charge in [0, 0.05) is 12.2 Å². The first kappa shape index (κ1) is 9.93. The molecule has 1 aliphatic rings. The Bertz CT molecular complexity index is 461. The maximum Gasteiger partial charge on any atom is 0.169 e. The fraction of sp³-hybridized carbons (Fsp3) is 0.333. The predicted octanol–water partition coefficient (Wildman–Crippen LogP) is 2.63. The van der Waals surface area contributed by atoms with Crippen LogP contribution in [0.4, 0.5) is 0 Å². The summed E-state index contributed by atoms with van der Waals surface area (Å²) in [5.41, 5.74) is 1.12. The van der Waals surface area contributed by atoms with Gasteiger partial charge in [0.2, 0.25) is 0 Å². The molecule has 0 aliphatic carbocycles. The van der Waals surface area contributed by atoms with Crippen molar-refractivity contribution < 1.29 is 0 Å². The molecule has 1 fully saturated rings. The highest BCUT2D eigenvalue weighted by Gasteiger charge is 2.18. The summed E-state index contributed by atoms with van der Waals surface area (Å²) in [5, 5.41) is 5.51. The minimum Gasteiger partial charge on any atom is -0.309 e. The number of nitrogens with one attached hydrogen (secondary N) is 1. The summed E-state index contributed by atoms with van der Waals surface area (Å²) < 4.78 is 0. The monoisotopic (exact) mass is 231 g/mol. The third-order valence-corrected chi connectivity index (χ3v) is 3.70. The van der Waals surface area contributed by atoms with Crippen LogP contribution >= 0.6 is 11.3 Å². The van der Waals surface area contributed by atoms with Crippen LogP contribution in [0.1, 0.15) is 24.6 Å². The largest absolute Gasteiger partial charge is 0.309 e. The molecule has 0 bridgehead atoms. The number of rotatable bonds is 2. The van der Waals surface area contributed by atoms with Crippen LogP contribution in [-0.2, 0) is 0 Å². The number of nitrogens with zero attached hydrogens (tertiary/aromatic N) is 2. The van der Waals surface area contributed by atoms with Gasteiger partial charge >= 0.3 is 0 Å². The quantitative estimate of drug-likeness (QED) is 0.863.